The minimum Gasteiger partial charge on any atom is -0.311 e. The summed E-state index contributed by atoms with van der Waals surface area (Å²) < 4.78 is 0. The molecule has 4 aliphatic rings. The molecule has 0 aliphatic carbocycles. The largest absolute Gasteiger partial charge is 0.311 e. The smallest absolute Gasteiger partial charge is 0.252 e. The van der Waals surface area contributed by atoms with Crippen molar-refractivity contribution in [3.63, 3.8) is 0 Å². The molecule has 16 aromatic carbocycles. The van der Waals surface area contributed by atoms with E-state index in [1.807, 2.05) is 0 Å². The van der Waals surface area contributed by atoms with Crippen molar-refractivity contribution in [2.75, 3.05) is 29.4 Å². The van der Waals surface area contributed by atoms with Gasteiger partial charge in [-0.1, -0.05) is 308 Å². The number of para-hydroxylation sites is 10. The van der Waals surface area contributed by atoms with E-state index in [-0.39, 0.29) is 24.3 Å². The number of hydrogen-bond acceptors (Lipinski definition) is 6. The zero-order chi connectivity index (χ0) is 75.3. The van der Waals surface area contributed by atoms with E-state index in [0.29, 0.717) is 0 Å². The van der Waals surface area contributed by atoms with Gasteiger partial charge in [0.05, 0.1) is 28.4 Å². The topological polar surface area (TPSA) is 19.4 Å². The first-order chi connectivity index (χ1) is 54.9. The van der Waals surface area contributed by atoms with Crippen LogP contribution in [0, 0.1) is 0 Å². The molecule has 0 radical (unpaired) electrons. The lowest BCUT2D eigenvalue weighted by Gasteiger charge is -2.48. The van der Waals surface area contributed by atoms with Crippen LogP contribution in [0.2, 0.25) is 0 Å². The van der Waals surface area contributed by atoms with Gasteiger partial charge in [-0.25, -0.2) is 0 Å². The summed E-state index contributed by atoms with van der Waals surface area (Å²) in [5.74, 6) is 0. The molecule has 0 spiro atoms. The summed E-state index contributed by atoms with van der Waals surface area (Å²) in [5.41, 5.74) is 36.3. The van der Waals surface area contributed by atoms with Crippen molar-refractivity contribution in [2.24, 2.45) is 0 Å². The lowest BCUT2D eigenvalue weighted by atomic mass is 9.30. The molecule has 4 aliphatic heterocycles. The Morgan fingerprint density at radius 3 is 0.982 bits per heavy atom. The monoisotopic (exact) mass is 1440 g/mol. The third-order valence-electron chi connectivity index (χ3n) is 23.3. The van der Waals surface area contributed by atoms with Gasteiger partial charge >= 0.3 is 0 Å². The predicted octanol–water partition coefficient (Wildman–Crippen LogP) is 24.4. The maximum atomic E-state index is 2.67. The Hall–Kier alpha value is -13.6. The number of anilines is 18. The summed E-state index contributed by atoms with van der Waals surface area (Å²) in [5, 5.41) is 0. The maximum absolute atomic E-state index is 2.67. The molecule has 0 aromatic heterocycles. The summed E-state index contributed by atoms with van der Waals surface area (Å²) in [7, 11) is 0. The Labute approximate surface area is 658 Å². The second-order valence-electron chi connectivity index (χ2n) is 32.0. The molecule has 0 bridgehead atoms. The van der Waals surface area contributed by atoms with E-state index in [4.69, 9.17) is 0 Å². The fourth-order valence-electron chi connectivity index (χ4n) is 18.1. The average molecular weight is 1440 g/mol. The summed E-state index contributed by atoms with van der Waals surface area (Å²) in [6.45, 7) is 13.3. The first-order valence-corrected chi connectivity index (χ1v) is 39.2. The maximum Gasteiger partial charge on any atom is 0.252 e. The minimum atomic E-state index is -0.262. The number of fused-ring (bicyclic) bond motifs is 8. The van der Waals surface area contributed by atoms with Crippen LogP contribution in [-0.2, 0) is 10.8 Å². The molecular weight excluding hydrogens is 1350 g/mol. The van der Waals surface area contributed by atoms with E-state index < -0.39 is 0 Å². The highest BCUT2D eigenvalue weighted by molar-refractivity contribution is 7.03. The molecule has 0 unspecified atom stereocenters. The number of benzene rings is 16. The van der Waals surface area contributed by atoms with Crippen LogP contribution in [0.5, 0.6) is 0 Å². The van der Waals surface area contributed by atoms with Crippen molar-refractivity contribution in [1.29, 1.82) is 0 Å². The Morgan fingerprint density at radius 1 is 0.214 bits per heavy atom. The predicted molar refractivity (Wildman–Crippen MR) is 478 cm³/mol. The molecule has 0 saturated carbocycles. The third kappa shape index (κ3) is 11.4. The Balaban J connectivity index is 0.913. The van der Waals surface area contributed by atoms with Gasteiger partial charge in [-0.3, -0.25) is 0 Å². The molecule has 534 valence electrons. The van der Waals surface area contributed by atoms with Crippen LogP contribution in [0.3, 0.4) is 0 Å². The average Bonchev–Trinajstić information content (AvgIpc) is 0.681. The number of hydrogen-bond donors (Lipinski definition) is 0. The van der Waals surface area contributed by atoms with Crippen LogP contribution < -0.4 is 62.2 Å². The summed E-state index contributed by atoms with van der Waals surface area (Å²) in [4.78, 5) is 15.4. The van der Waals surface area contributed by atoms with Gasteiger partial charge in [-0.15, -0.1) is 0 Å². The molecule has 0 fully saturated rings. The van der Waals surface area contributed by atoms with Crippen LogP contribution in [0.15, 0.2) is 388 Å². The van der Waals surface area contributed by atoms with Gasteiger partial charge in [0.2, 0.25) is 0 Å². The van der Waals surface area contributed by atoms with Gasteiger partial charge in [-0.2, -0.15) is 0 Å². The Kier molecular flexibility index (Phi) is 16.5. The zero-order valence-electron chi connectivity index (χ0n) is 63.8. The molecule has 0 amide bonds. The van der Waals surface area contributed by atoms with E-state index in [1.165, 1.54) is 43.9 Å². The van der Waals surface area contributed by atoms with Gasteiger partial charge < -0.3 is 29.4 Å². The lowest BCUT2D eigenvalue weighted by molar-refractivity contribution is 0.590. The first-order valence-electron chi connectivity index (χ1n) is 39.2. The number of rotatable bonds is 13. The van der Waals surface area contributed by atoms with Gasteiger partial charge in [0.15, 0.2) is 0 Å². The summed E-state index contributed by atoms with van der Waals surface area (Å²) >= 11 is 0. The van der Waals surface area contributed by atoms with Gasteiger partial charge in [0.1, 0.15) is 0 Å². The molecule has 0 N–H and O–H groups in total. The molecule has 8 heteroatoms. The molecular formula is C104H82B2N6. The van der Waals surface area contributed by atoms with E-state index in [0.717, 1.165) is 136 Å². The molecule has 0 saturated heterocycles. The van der Waals surface area contributed by atoms with Crippen LogP contribution in [-0.4, -0.2) is 13.4 Å². The Morgan fingerprint density at radius 2 is 0.527 bits per heavy atom. The molecule has 16 aromatic rings. The van der Waals surface area contributed by atoms with E-state index in [2.05, 4.69) is 459 Å². The van der Waals surface area contributed by atoms with Crippen molar-refractivity contribution < 1.29 is 0 Å². The van der Waals surface area contributed by atoms with Crippen molar-refractivity contribution >= 4 is 149 Å². The SMILES string of the molecule is CC(C)(C)c1ccc(-c2ccccc2N(c2ccccc2)c2cc3c4c(c2)N(c2ccccc2-c2ccc(C(C)(C)C)cc2)c2ccccc2B4c2cc4c(cc2N3c2ccccc2)N(c2ccccc2-c2ccccc2)c2cc(N(c3ccccc3)c3ccccc3)cc3c2B4c2ccccc2N3c2ccccc2)cc1. The van der Waals surface area contributed by atoms with Crippen molar-refractivity contribution in [2.45, 2.75) is 52.4 Å². The third-order valence-corrected chi connectivity index (χ3v) is 23.3. The summed E-state index contributed by atoms with van der Waals surface area (Å²) in [6.07, 6.45) is 0. The van der Waals surface area contributed by atoms with Crippen LogP contribution in [0.1, 0.15) is 52.7 Å². The van der Waals surface area contributed by atoms with E-state index in [9.17, 15) is 0 Å². The lowest BCUT2D eigenvalue weighted by Crippen LogP contribution is -2.65. The second-order valence-corrected chi connectivity index (χ2v) is 32.0. The Bertz CT molecular complexity index is 6200. The summed E-state index contributed by atoms with van der Waals surface area (Å²) in [6, 6.07) is 146. The van der Waals surface area contributed by atoms with Crippen LogP contribution >= 0.6 is 0 Å². The molecule has 4 heterocycles. The molecule has 112 heavy (non-hydrogen) atoms. The highest BCUT2D eigenvalue weighted by Crippen LogP contribution is 2.55. The van der Waals surface area contributed by atoms with Crippen molar-refractivity contribution in [3.05, 3.63) is 399 Å². The van der Waals surface area contributed by atoms with Gasteiger partial charge in [0.25, 0.3) is 13.4 Å². The fourth-order valence-corrected chi connectivity index (χ4v) is 18.1. The highest BCUT2D eigenvalue weighted by Gasteiger charge is 2.49. The van der Waals surface area contributed by atoms with Gasteiger partial charge in [-0.05, 0) is 193 Å². The molecule has 0 atom stereocenters. The normalized spacial score (nSPS) is 13.0. The standard InChI is InChI=1S/C104H82B2N6/c1-103(2,3)74-61-57-72(58-62-74)84-48-25-30-52-90(84)108(78-41-19-10-20-42-78)82-67-98-102-99(68-82)111(91-53-31-27-49-85(91)73-59-63-75(64-60-73)104(4,5)6)94-56-34-29-51-87(94)106(102)88-69-89-96(70-95(88)110(98)80-45-23-12-24-46-80)112(92-54-32-26-47-83(92)71-35-13-7-14-36-71)100-66-81(107(76-37-15-8-16-38-76)77-39-17-9-18-40-77)65-97-101(100)105(89)86-50-28-33-55-93(86)109(97)79-43-21-11-22-44-79/h7-70H,1-6H3. The van der Waals surface area contributed by atoms with E-state index >= 15 is 0 Å². The first kappa shape index (κ1) is 67.8. The van der Waals surface area contributed by atoms with Crippen LogP contribution in [0.25, 0.3) is 33.4 Å². The quantitative estimate of drug-likeness (QED) is 0.106. The van der Waals surface area contributed by atoms with Crippen molar-refractivity contribution in [1.82, 2.24) is 0 Å². The number of nitrogens with zero attached hydrogens (tertiary/aromatic N) is 6. The molecule has 20 rings (SSSR count). The van der Waals surface area contributed by atoms with E-state index in [1.54, 1.807) is 0 Å². The second kappa shape index (κ2) is 27.2. The van der Waals surface area contributed by atoms with Crippen LogP contribution in [0.4, 0.5) is 102 Å². The fraction of sp³-hybridized carbons (Fsp3) is 0.0769. The van der Waals surface area contributed by atoms with Crippen molar-refractivity contribution in [3.8, 4) is 33.4 Å². The minimum absolute atomic E-state index is 0.0146. The van der Waals surface area contributed by atoms with Gasteiger partial charge in [0, 0.05) is 90.6 Å². The molecule has 6 nitrogen and oxygen atoms in total. The zero-order valence-corrected chi connectivity index (χ0v) is 63.8. The highest BCUT2D eigenvalue weighted by atomic mass is 15.2.